The van der Waals surface area contributed by atoms with Crippen molar-refractivity contribution >= 4 is 15.7 Å². The van der Waals surface area contributed by atoms with Crippen LogP contribution in [-0.4, -0.2) is 63.9 Å². The van der Waals surface area contributed by atoms with E-state index < -0.39 is 68.6 Å². The summed E-state index contributed by atoms with van der Waals surface area (Å²) < 4.78 is 107. The number of benzene rings is 1. The summed E-state index contributed by atoms with van der Waals surface area (Å²) in [6, 6.07) is 2.40. The number of carbonyl (C=O) groups excluding carboxylic acids is 1. The SMILES string of the molecule is Cc1nnn(-c2ccc(S(=O)(=O)C3CCN(C(=O)C4(C(F)(F)F)CC4)C3)c(C(F)(F)F)c2)n1. The summed E-state index contributed by atoms with van der Waals surface area (Å²) in [6.45, 7) is 0.564. The van der Waals surface area contributed by atoms with Crippen LogP contribution in [0, 0.1) is 12.3 Å². The van der Waals surface area contributed by atoms with Crippen LogP contribution in [0.25, 0.3) is 5.69 Å². The number of carbonyl (C=O) groups is 1. The number of sulfone groups is 1. The van der Waals surface area contributed by atoms with E-state index >= 15 is 0 Å². The summed E-state index contributed by atoms with van der Waals surface area (Å²) in [5.74, 6) is -1.05. The number of aryl methyl sites for hydroxylation is 1. The quantitative estimate of drug-likeness (QED) is 0.603. The number of amides is 1. The van der Waals surface area contributed by atoms with Crippen molar-refractivity contribution in [3.63, 3.8) is 0 Å². The first-order chi connectivity index (χ1) is 15.2. The summed E-state index contributed by atoms with van der Waals surface area (Å²) in [7, 11) is -4.63. The van der Waals surface area contributed by atoms with Crippen molar-refractivity contribution in [2.75, 3.05) is 13.1 Å². The lowest BCUT2D eigenvalue weighted by Crippen LogP contribution is -2.43. The Bertz CT molecular complexity index is 1200. The van der Waals surface area contributed by atoms with Crippen LogP contribution in [0.4, 0.5) is 26.3 Å². The molecule has 1 aromatic carbocycles. The maximum atomic E-state index is 13.7. The van der Waals surface area contributed by atoms with Crippen molar-refractivity contribution in [2.45, 2.75) is 48.7 Å². The highest BCUT2D eigenvalue weighted by Gasteiger charge is 2.69. The number of nitrogens with zero attached hydrogens (tertiary/aromatic N) is 5. The van der Waals surface area contributed by atoms with Gasteiger partial charge in [-0.1, -0.05) is 0 Å². The molecule has 33 heavy (non-hydrogen) atoms. The number of hydrogen-bond donors (Lipinski definition) is 0. The molecule has 2 aromatic rings. The molecule has 1 aliphatic heterocycles. The van der Waals surface area contributed by atoms with Gasteiger partial charge in [-0.2, -0.15) is 26.3 Å². The molecular formula is C18H17F6N5O3S. The minimum atomic E-state index is -5.06. The maximum Gasteiger partial charge on any atom is 0.417 e. The predicted molar refractivity (Wildman–Crippen MR) is 98.8 cm³/mol. The van der Waals surface area contributed by atoms with Crippen LogP contribution in [0.1, 0.15) is 30.7 Å². The van der Waals surface area contributed by atoms with Gasteiger partial charge >= 0.3 is 12.4 Å². The zero-order valence-corrected chi connectivity index (χ0v) is 17.8. The van der Waals surface area contributed by atoms with Gasteiger partial charge in [0.15, 0.2) is 15.7 Å². The van der Waals surface area contributed by atoms with Gasteiger partial charge < -0.3 is 4.90 Å². The Hall–Kier alpha value is -2.71. The standard InChI is InChI=1S/C18H17F6N5O3S/c1-10-25-27-29(26-10)11-2-3-14(13(8-11)17(19,20)21)33(31,32)12-4-7-28(9-12)15(30)16(5-6-16)18(22,23)24/h2-3,8,12H,4-7,9H2,1H3. The van der Waals surface area contributed by atoms with Gasteiger partial charge in [0.2, 0.25) is 5.91 Å². The molecule has 2 heterocycles. The second-order valence-corrected chi connectivity index (χ2v) is 10.3. The van der Waals surface area contributed by atoms with Gasteiger partial charge in [0.1, 0.15) is 5.41 Å². The molecule has 0 radical (unpaired) electrons. The van der Waals surface area contributed by atoms with Crippen LogP contribution >= 0.6 is 0 Å². The second-order valence-electron chi connectivity index (χ2n) is 8.09. The molecule has 180 valence electrons. The largest absolute Gasteiger partial charge is 0.417 e. The first kappa shape index (κ1) is 23.4. The molecule has 1 atom stereocenters. The molecule has 1 saturated carbocycles. The monoisotopic (exact) mass is 497 g/mol. The van der Waals surface area contributed by atoms with Crippen LogP contribution in [0.2, 0.25) is 0 Å². The summed E-state index contributed by atoms with van der Waals surface area (Å²) in [5, 5.41) is 9.45. The Morgan fingerprint density at radius 3 is 2.33 bits per heavy atom. The number of rotatable bonds is 4. The third-order valence-electron chi connectivity index (χ3n) is 5.89. The Morgan fingerprint density at radius 2 is 1.82 bits per heavy atom. The number of aromatic nitrogens is 4. The highest BCUT2D eigenvalue weighted by molar-refractivity contribution is 7.92. The Morgan fingerprint density at radius 1 is 1.15 bits per heavy atom. The van der Waals surface area contributed by atoms with Gasteiger partial charge in [0.25, 0.3) is 0 Å². The van der Waals surface area contributed by atoms with Crippen molar-refractivity contribution in [1.82, 2.24) is 25.1 Å². The van der Waals surface area contributed by atoms with E-state index in [9.17, 15) is 39.6 Å². The lowest BCUT2D eigenvalue weighted by atomic mass is 10.1. The molecule has 1 unspecified atom stereocenters. The van der Waals surface area contributed by atoms with Crippen LogP contribution in [0.5, 0.6) is 0 Å². The predicted octanol–water partition coefficient (Wildman–Crippen LogP) is 2.71. The van der Waals surface area contributed by atoms with E-state index in [2.05, 4.69) is 15.4 Å². The first-order valence-corrected chi connectivity index (χ1v) is 11.3. The van der Waals surface area contributed by atoms with Gasteiger partial charge in [-0.15, -0.1) is 15.0 Å². The zero-order chi connectivity index (χ0) is 24.4. The van der Waals surface area contributed by atoms with E-state index in [-0.39, 0.29) is 24.5 Å². The number of hydrogen-bond acceptors (Lipinski definition) is 6. The third kappa shape index (κ3) is 3.95. The fourth-order valence-electron chi connectivity index (χ4n) is 3.90. The van der Waals surface area contributed by atoms with Gasteiger partial charge in [0.05, 0.1) is 21.4 Å². The molecule has 2 fully saturated rings. The van der Waals surface area contributed by atoms with E-state index in [1.54, 1.807) is 0 Å². The molecule has 1 aromatic heterocycles. The second kappa shape index (κ2) is 7.40. The van der Waals surface area contributed by atoms with Crippen molar-refractivity contribution in [3.8, 4) is 5.69 Å². The van der Waals surface area contributed by atoms with Gasteiger partial charge in [-0.25, -0.2) is 8.42 Å². The van der Waals surface area contributed by atoms with Crippen LogP contribution in [-0.2, 0) is 20.8 Å². The molecular weight excluding hydrogens is 480 g/mol. The van der Waals surface area contributed by atoms with Gasteiger partial charge in [0, 0.05) is 13.1 Å². The number of tetrazole rings is 1. The van der Waals surface area contributed by atoms with Crippen molar-refractivity contribution in [1.29, 1.82) is 0 Å². The summed E-state index contributed by atoms with van der Waals surface area (Å²) >= 11 is 0. The zero-order valence-electron chi connectivity index (χ0n) is 17.0. The third-order valence-corrected chi connectivity index (χ3v) is 8.12. The molecule has 15 heteroatoms. The lowest BCUT2D eigenvalue weighted by Gasteiger charge is -2.25. The fourth-order valence-corrected chi connectivity index (χ4v) is 5.79. The normalized spacial score (nSPS) is 20.8. The molecule has 1 saturated heterocycles. The number of likely N-dealkylation sites (tertiary alicyclic amines) is 1. The highest BCUT2D eigenvalue weighted by atomic mass is 32.2. The Kier molecular flexibility index (Phi) is 5.26. The lowest BCUT2D eigenvalue weighted by molar-refractivity contribution is -0.197. The van der Waals surface area contributed by atoms with E-state index in [0.29, 0.717) is 6.07 Å². The molecule has 0 spiro atoms. The molecule has 1 aliphatic carbocycles. The molecule has 0 N–H and O–H groups in total. The van der Waals surface area contributed by atoms with Crippen LogP contribution in [0.3, 0.4) is 0 Å². The molecule has 1 amide bonds. The molecule has 2 aliphatic rings. The van der Waals surface area contributed by atoms with E-state index in [0.717, 1.165) is 21.8 Å². The van der Waals surface area contributed by atoms with Crippen LogP contribution in [0.15, 0.2) is 23.1 Å². The Balaban J connectivity index is 1.64. The smallest absolute Gasteiger partial charge is 0.341 e. The number of alkyl halides is 6. The first-order valence-electron chi connectivity index (χ1n) is 9.75. The average Bonchev–Trinajstić information content (AvgIpc) is 3.19. The molecule has 4 rings (SSSR count). The summed E-state index contributed by atoms with van der Waals surface area (Å²) in [5.41, 5.74) is -4.16. The van der Waals surface area contributed by atoms with Crippen molar-refractivity contribution in [3.05, 3.63) is 29.6 Å². The van der Waals surface area contributed by atoms with Crippen molar-refractivity contribution in [2.24, 2.45) is 5.41 Å². The Labute approximate surface area is 183 Å². The van der Waals surface area contributed by atoms with Crippen LogP contribution < -0.4 is 0 Å². The fraction of sp³-hybridized carbons (Fsp3) is 0.556. The highest BCUT2D eigenvalue weighted by Crippen LogP contribution is 2.59. The van der Waals surface area contributed by atoms with Crippen molar-refractivity contribution < 1.29 is 39.6 Å². The maximum absolute atomic E-state index is 13.7. The minimum Gasteiger partial charge on any atom is -0.341 e. The molecule has 0 bridgehead atoms. The summed E-state index contributed by atoms with van der Waals surface area (Å²) in [4.78, 5) is 13.0. The minimum absolute atomic E-state index is 0.175. The summed E-state index contributed by atoms with van der Waals surface area (Å²) in [6.07, 6.45) is -10.9. The molecule has 8 nitrogen and oxygen atoms in total. The van der Waals surface area contributed by atoms with Gasteiger partial charge in [-0.3, -0.25) is 4.79 Å². The number of halogens is 6. The van der Waals surface area contributed by atoms with Gasteiger partial charge in [-0.05, 0) is 49.6 Å². The average molecular weight is 497 g/mol. The topological polar surface area (TPSA) is 98.0 Å². The van der Waals surface area contributed by atoms with E-state index in [4.69, 9.17) is 0 Å². The van der Waals surface area contributed by atoms with E-state index in [1.165, 1.54) is 6.92 Å². The van der Waals surface area contributed by atoms with E-state index in [1.807, 2.05) is 0 Å².